The highest BCUT2D eigenvalue weighted by Gasteiger charge is 1.97. The molecule has 0 aliphatic rings. The number of aliphatic hydroxyl groups excluding tert-OH is 1. The first-order valence-electron chi connectivity index (χ1n) is 3.65. The Morgan fingerprint density at radius 3 is 3.00 bits per heavy atom. The van der Waals surface area contributed by atoms with Crippen molar-refractivity contribution < 1.29 is 5.11 Å². The molecule has 0 bridgehead atoms. The van der Waals surface area contributed by atoms with Gasteiger partial charge < -0.3 is 10.8 Å². The van der Waals surface area contributed by atoms with E-state index in [-0.39, 0.29) is 6.61 Å². The van der Waals surface area contributed by atoms with E-state index in [1.807, 2.05) is 6.07 Å². The van der Waals surface area contributed by atoms with Crippen LogP contribution in [0.15, 0.2) is 18.3 Å². The number of aromatic nitrogens is 1. The molecule has 0 spiro atoms. The molecule has 0 atom stereocenters. The van der Waals surface area contributed by atoms with Gasteiger partial charge >= 0.3 is 0 Å². The van der Waals surface area contributed by atoms with Crippen LogP contribution in [0.25, 0.3) is 0 Å². The van der Waals surface area contributed by atoms with E-state index >= 15 is 0 Å². The summed E-state index contributed by atoms with van der Waals surface area (Å²) in [6, 6.07) is 3.62. The molecular weight excluding hydrogens is 140 g/mol. The average Bonchev–Trinajstić information content (AvgIpc) is 2.03. The molecule has 0 radical (unpaired) electrons. The molecular formula is C8H12N2O. The second-order valence-electron chi connectivity index (χ2n) is 2.37. The summed E-state index contributed by atoms with van der Waals surface area (Å²) in [7, 11) is 0. The average molecular weight is 152 g/mol. The van der Waals surface area contributed by atoms with Gasteiger partial charge in [-0.1, -0.05) is 0 Å². The molecule has 60 valence electrons. The standard InChI is InChI=1S/C8H12N2O/c9-7-3-1-5-10-8(7)4-2-6-11/h1,3,5,11H,2,4,6,9H2. The van der Waals surface area contributed by atoms with E-state index in [0.717, 1.165) is 18.5 Å². The third kappa shape index (κ3) is 2.20. The van der Waals surface area contributed by atoms with Crippen LogP contribution in [0.5, 0.6) is 0 Å². The molecule has 0 saturated carbocycles. The molecule has 0 saturated heterocycles. The molecule has 11 heavy (non-hydrogen) atoms. The number of aliphatic hydroxyl groups is 1. The largest absolute Gasteiger partial charge is 0.397 e. The second-order valence-corrected chi connectivity index (χ2v) is 2.37. The number of nitrogens with two attached hydrogens (primary N) is 1. The Morgan fingerprint density at radius 1 is 1.55 bits per heavy atom. The van der Waals surface area contributed by atoms with Crippen LogP contribution in [-0.2, 0) is 6.42 Å². The molecule has 1 heterocycles. The number of aryl methyl sites for hydroxylation is 1. The van der Waals surface area contributed by atoms with Crippen molar-refractivity contribution in [3.05, 3.63) is 24.0 Å². The van der Waals surface area contributed by atoms with Crippen molar-refractivity contribution >= 4 is 5.69 Å². The maximum absolute atomic E-state index is 8.55. The molecule has 0 aliphatic carbocycles. The first-order valence-corrected chi connectivity index (χ1v) is 3.65. The molecule has 1 aromatic heterocycles. The Bertz CT molecular complexity index is 225. The van der Waals surface area contributed by atoms with Crippen molar-refractivity contribution in [1.82, 2.24) is 4.98 Å². The van der Waals surface area contributed by atoms with Gasteiger partial charge in [-0.2, -0.15) is 0 Å². The molecule has 1 rings (SSSR count). The molecule has 1 aromatic rings. The molecule has 3 nitrogen and oxygen atoms in total. The minimum Gasteiger partial charge on any atom is -0.397 e. The fourth-order valence-corrected chi connectivity index (χ4v) is 0.906. The lowest BCUT2D eigenvalue weighted by atomic mass is 10.2. The summed E-state index contributed by atoms with van der Waals surface area (Å²) in [6.45, 7) is 0.190. The van der Waals surface area contributed by atoms with E-state index in [1.54, 1.807) is 12.3 Å². The molecule has 0 fully saturated rings. The van der Waals surface area contributed by atoms with Crippen molar-refractivity contribution in [2.75, 3.05) is 12.3 Å². The van der Waals surface area contributed by atoms with Crippen molar-refractivity contribution in [1.29, 1.82) is 0 Å². The Balaban J connectivity index is 2.62. The quantitative estimate of drug-likeness (QED) is 0.666. The van der Waals surface area contributed by atoms with Gasteiger partial charge in [0.1, 0.15) is 0 Å². The van der Waals surface area contributed by atoms with Gasteiger partial charge in [0.05, 0.1) is 11.4 Å². The maximum Gasteiger partial charge on any atom is 0.0633 e. The number of pyridine rings is 1. The summed E-state index contributed by atoms with van der Waals surface area (Å²) in [5.41, 5.74) is 7.20. The number of anilines is 1. The van der Waals surface area contributed by atoms with Gasteiger partial charge in [0.25, 0.3) is 0 Å². The van der Waals surface area contributed by atoms with E-state index < -0.39 is 0 Å². The topological polar surface area (TPSA) is 59.1 Å². The normalized spacial score (nSPS) is 9.91. The van der Waals surface area contributed by atoms with E-state index in [9.17, 15) is 0 Å². The van der Waals surface area contributed by atoms with Crippen LogP contribution in [0.2, 0.25) is 0 Å². The zero-order chi connectivity index (χ0) is 8.10. The zero-order valence-corrected chi connectivity index (χ0v) is 6.33. The van der Waals surface area contributed by atoms with Gasteiger partial charge in [-0.15, -0.1) is 0 Å². The van der Waals surface area contributed by atoms with Gasteiger partial charge in [-0.25, -0.2) is 0 Å². The fraction of sp³-hybridized carbons (Fsp3) is 0.375. The summed E-state index contributed by atoms with van der Waals surface area (Å²) in [5.74, 6) is 0. The third-order valence-corrected chi connectivity index (χ3v) is 1.50. The van der Waals surface area contributed by atoms with Crippen LogP contribution in [0.1, 0.15) is 12.1 Å². The van der Waals surface area contributed by atoms with Crippen LogP contribution in [0.4, 0.5) is 5.69 Å². The minimum absolute atomic E-state index is 0.190. The Kier molecular flexibility index (Phi) is 2.86. The van der Waals surface area contributed by atoms with Crippen LogP contribution in [0.3, 0.4) is 0 Å². The number of rotatable bonds is 3. The second kappa shape index (κ2) is 3.93. The number of hydrogen-bond donors (Lipinski definition) is 2. The van der Waals surface area contributed by atoms with Crippen molar-refractivity contribution in [3.63, 3.8) is 0 Å². The Labute approximate surface area is 65.9 Å². The highest BCUT2D eigenvalue weighted by atomic mass is 16.2. The molecule has 0 aliphatic heterocycles. The van der Waals surface area contributed by atoms with Crippen LogP contribution in [-0.4, -0.2) is 16.7 Å². The number of nitrogens with zero attached hydrogens (tertiary/aromatic N) is 1. The molecule has 3 N–H and O–H groups in total. The zero-order valence-electron chi connectivity index (χ0n) is 6.33. The molecule has 3 heteroatoms. The molecule has 0 amide bonds. The molecule has 0 aromatic carbocycles. The van der Waals surface area contributed by atoms with Crippen molar-refractivity contribution in [2.45, 2.75) is 12.8 Å². The van der Waals surface area contributed by atoms with Crippen LogP contribution >= 0.6 is 0 Å². The lowest BCUT2D eigenvalue weighted by Gasteiger charge is -2.00. The number of nitrogen functional groups attached to an aromatic ring is 1. The van der Waals surface area contributed by atoms with Crippen molar-refractivity contribution in [3.8, 4) is 0 Å². The first kappa shape index (κ1) is 8.01. The van der Waals surface area contributed by atoms with E-state index in [2.05, 4.69) is 4.98 Å². The van der Waals surface area contributed by atoms with Crippen LogP contribution < -0.4 is 5.73 Å². The first-order chi connectivity index (χ1) is 5.34. The summed E-state index contributed by atoms with van der Waals surface area (Å²) < 4.78 is 0. The van der Waals surface area contributed by atoms with Gasteiger partial charge in [0.15, 0.2) is 0 Å². The monoisotopic (exact) mass is 152 g/mol. The lowest BCUT2D eigenvalue weighted by molar-refractivity contribution is 0.288. The van der Waals surface area contributed by atoms with Gasteiger partial charge in [0, 0.05) is 12.8 Å². The van der Waals surface area contributed by atoms with Gasteiger partial charge in [-0.3, -0.25) is 4.98 Å². The summed E-state index contributed by atoms with van der Waals surface area (Å²) >= 11 is 0. The Morgan fingerprint density at radius 2 is 2.36 bits per heavy atom. The maximum atomic E-state index is 8.55. The highest BCUT2D eigenvalue weighted by Crippen LogP contribution is 2.08. The third-order valence-electron chi connectivity index (χ3n) is 1.50. The Hall–Kier alpha value is -1.09. The smallest absolute Gasteiger partial charge is 0.0633 e. The van der Waals surface area contributed by atoms with E-state index in [0.29, 0.717) is 5.69 Å². The highest BCUT2D eigenvalue weighted by molar-refractivity contribution is 5.41. The minimum atomic E-state index is 0.190. The predicted octanol–water partition coefficient (Wildman–Crippen LogP) is 0.589. The molecule has 0 unspecified atom stereocenters. The van der Waals surface area contributed by atoms with Gasteiger partial charge in [-0.05, 0) is 25.0 Å². The summed E-state index contributed by atoms with van der Waals surface area (Å²) in [4.78, 5) is 4.08. The SMILES string of the molecule is Nc1cccnc1CCCO. The lowest BCUT2D eigenvalue weighted by Crippen LogP contribution is -1.98. The van der Waals surface area contributed by atoms with Gasteiger partial charge in [0.2, 0.25) is 0 Å². The predicted molar refractivity (Wildman–Crippen MR) is 44.1 cm³/mol. The van der Waals surface area contributed by atoms with E-state index in [4.69, 9.17) is 10.8 Å². The van der Waals surface area contributed by atoms with Crippen LogP contribution in [0, 0.1) is 0 Å². The number of hydrogen-bond acceptors (Lipinski definition) is 3. The fourth-order valence-electron chi connectivity index (χ4n) is 0.906. The summed E-state index contributed by atoms with van der Waals surface area (Å²) in [6.07, 6.45) is 3.19. The summed E-state index contributed by atoms with van der Waals surface area (Å²) in [5, 5.41) is 8.55. The van der Waals surface area contributed by atoms with E-state index in [1.165, 1.54) is 0 Å². The van der Waals surface area contributed by atoms with Crippen molar-refractivity contribution in [2.24, 2.45) is 0 Å².